The van der Waals surface area contributed by atoms with Crippen molar-refractivity contribution in [3.05, 3.63) is 29.6 Å². The third kappa shape index (κ3) is 3.33. The number of hydrogen-bond donors (Lipinski definition) is 2. The van der Waals surface area contributed by atoms with Gasteiger partial charge in [-0.05, 0) is 31.4 Å². The number of aromatic nitrogens is 1. The van der Waals surface area contributed by atoms with E-state index in [2.05, 4.69) is 10.3 Å². The van der Waals surface area contributed by atoms with Gasteiger partial charge in [0.25, 0.3) is 5.91 Å². The Kier molecular flexibility index (Phi) is 4.68. The first kappa shape index (κ1) is 14.5. The van der Waals surface area contributed by atoms with Gasteiger partial charge in [-0.2, -0.15) is 0 Å². The zero-order chi connectivity index (χ0) is 14.5. The van der Waals surface area contributed by atoms with Crippen LogP contribution in [0.5, 0.6) is 0 Å². The van der Waals surface area contributed by atoms with Gasteiger partial charge in [0.15, 0.2) is 0 Å². The minimum Gasteiger partial charge on any atom is -0.477 e. The van der Waals surface area contributed by atoms with E-state index in [1.54, 1.807) is 0 Å². The van der Waals surface area contributed by atoms with E-state index in [1.807, 2.05) is 6.92 Å². The molecular formula is C14H18N2O4. The first-order valence-corrected chi connectivity index (χ1v) is 6.74. The molecule has 0 saturated carbocycles. The molecule has 20 heavy (non-hydrogen) atoms. The molecular weight excluding hydrogens is 260 g/mol. The van der Waals surface area contributed by atoms with E-state index >= 15 is 0 Å². The number of carbonyl (C=O) groups excluding carboxylic acids is 1. The van der Waals surface area contributed by atoms with Crippen LogP contribution in [0.4, 0.5) is 0 Å². The Morgan fingerprint density at radius 2 is 2.25 bits per heavy atom. The maximum absolute atomic E-state index is 12.1. The van der Waals surface area contributed by atoms with Crippen molar-refractivity contribution >= 4 is 11.9 Å². The number of carboxylic acids is 1. The number of carboxylic acid groups (broad SMARTS) is 1. The number of pyridine rings is 1. The lowest BCUT2D eigenvalue weighted by molar-refractivity contribution is 0.0661. The van der Waals surface area contributed by atoms with E-state index in [1.165, 1.54) is 18.2 Å². The molecule has 1 aromatic heterocycles. The van der Waals surface area contributed by atoms with Crippen molar-refractivity contribution in [3.63, 3.8) is 0 Å². The van der Waals surface area contributed by atoms with Gasteiger partial charge in [0.2, 0.25) is 0 Å². The zero-order valence-corrected chi connectivity index (χ0v) is 11.3. The molecule has 1 saturated heterocycles. The summed E-state index contributed by atoms with van der Waals surface area (Å²) in [4.78, 5) is 26.8. The number of nitrogens with one attached hydrogen (secondary N) is 1. The summed E-state index contributed by atoms with van der Waals surface area (Å²) in [6, 6.07) is 4.30. The van der Waals surface area contributed by atoms with Gasteiger partial charge < -0.3 is 15.2 Å². The summed E-state index contributed by atoms with van der Waals surface area (Å²) in [5, 5.41) is 11.7. The average molecular weight is 278 g/mol. The summed E-state index contributed by atoms with van der Waals surface area (Å²) in [6.07, 6.45) is 2.73. The summed E-state index contributed by atoms with van der Waals surface area (Å²) >= 11 is 0. The molecule has 2 unspecified atom stereocenters. The van der Waals surface area contributed by atoms with Crippen molar-refractivity contribution in [1.82, 2.24) is 10.3 Å². The zero-order valence-electron chi connectivity index (χ0n) is 11.3. The molecule has 1 aliphatic rings. The van der Waals surface area contributed by atoms with Gasteiger partial charge in [0.05, 0.1) is 12.1 Å². The number of amides is 1. The largest absolute Gasteiger partial charge is 0.477 e. The highest BCUT2D eigenvalue weighted by Crippen LogP contribution is 2.17. The van der Waals surface area contributed by atoms with E-state index in [4.69, 9.17) is 9.84 Å². The predicted octanol–water partition coefficient (Wildman–Crippen LogP) is 1.47. The van der Waals surface area contributed by atoms with Crippen LogP contribution in [-0.2, 0) is 4.74 Å². The molecule has 0 spiro atoms. The van der Waals surface area contributed by atoms with Crippen molar-refractivity contribution in [2.75, 3.05) is 6.61 Å². The van der Waals surface area contributed by atoms with Gasteiger partial charge in [-0.15, -0.1) is 0 Å². The monoisotopic (exact) mass is 278 g/mol. The fourth-order valence-corrected chi connectivity index (χ4v) is 2.30. The van der Waals surface area contributed by atoms with Gasteiger partial charge in [0.1, 0.15) is 11.4 Å². The molecule has 2 N–H and O–H groups in total. The van der Waals surface area contributed by atoms with Gasteiger partial charge in [-0.3, -0.25) is 4.79 Å². The number of rotatable bonds is 5. The second-order valence-corrected chi connectivity index (χ2v) is 4.75. The minimum atomic E-state index is -1.15. The summed E-state index contributed by atoms with van der Waals surface area (Å²) in [5.74, 6) is -1.51. The third-order valence-electron chi connectivity index (χ3n) is 3.37. The first-order valence-electron chi connectivity index (χ1n) is 6.74. The third-order valence-corrected chi connectivity index (χ3v) is 3.37. The van der Waals surface area contributed by atoms with Crippen LogP contribution in [0.3, 0.4) is 0 Å². The fourth-order valence-electron chi connectivity index (χ4n) is 2.30. The summed E-state index contributed by atoms with van der Waals surface area (Å²) < 4.78 is 5.58. The van der Waals surface area contributed by atoms with Crippen molar-refractivity contribution in [3.8, 4) is 0 Å². The molecule has 1 aromatic rings. The number of nitrogens with zero attached hydrogens (tertiary/aromatic N) is 1. The minimum absolute atomic E-state index is 0.0339. The van der Waals surface area contributed by atoms with Crippen LogP contribution in [0, 0.1) is 0 Å². The molecule has 1 amide bonds. The maximum atomic E-state index is 12.1. The van der Waals surface area contributed by atoms with Gasteiger partial charge in [-0.25, -0.2) is 9.78 Å². The number of ether oxygens (including phenoxy) is 1. The van der Waals surface area contributed by atoms with Crippen LogP contribution in [-0.4, -0.2) is 40.7 Å². The number of carbonyl (C=O) groups is 2. The molecule has 108 valence electrons. The van der Waals surface area contributed by atoms with Crippen LogP contribution < -0.4 is 5.32 Å². The normalized spacial score (nSPS) is 19.6. The van der Waals surface area contributed by atoms with E-state index in [9.17, 15) is 9.59 Å². The smallest absolute Gasteiger partial charge is 0.354 e. The molecule has 0 radical (unpaired) electrons. The maximum Gasteiger partial charge on any atom is 0.354 e. The van der Waals surface area contributed by atoms with Crippen LogP contribution in [0.2, 0.25) is 0 Å². The quantitative estimate of drug-likeness (QED) is 0.851. The molecule has 2 rings (SSSR count). The Balaban J connectivity index is 2.06. The van der Waals surface area contributed by atoms with Gasteiger partial charge in [0, 0.05) is 6.61 Å². The molecule has 6 heteroatoms. The topological polar surface area (TPSA) is 88.5 Å². The Hall–Kier alpha value is -1.95. The van der Waals surface area contributed by atoms with E-state index in [-0.39, 0.29) is 29.4 Å². The Morgan fingerprint density at radius 3 is 2.85 bits per heavy atom. The van der Waals surface area contributed by atoms with E-state index in [0.29, 0.717) is 0 Å². The van der Waals surface area contributed by atoms with Gasteiger partial charge in [-0.1, -0.05) is 13.0 Å². The summed E-state index contributed by atoms with van der Waals surface area (Å²) in [7, 11) is 0. The van der Waals surface area contributed by atoms with Crippen molar-refractivity contribution in [2.45, 2.75) is 38.3 Å². The molecule has 2 atom stereocenters. The van der Waals surface area contributed by atoms with Crippen LogP contribution in [0.1, 0.15) is 47.2 Å². The van der Waals surface area contributed by atoms with E-state index in [0.717, 1.165) is 25.9 Å². The molecule has 2 heterocycles. The second-order valence-electron chi connectivity index (χ2n) is 4.75. The highest BCUT2D eigenvalue weighted by molar-refractivity contribution is 5.94. The van der Waals surface area contributed by atoms with Crippen molar-refractivity contribution in [1.29, 1.82) is 0 Å². The molecule has 0 aliphatic carbocycles. The lowest BCUT2D eigenvalue weighted by Crippen LogP contribution is -2.43. The first-order chi connectivity index (χ1) is 9.61. The van der Waals surface area contributed by atoms with Gasteiger partial charge >= 0.3 is 5.97 Å². The fraction of sp³-hybridized carbons (Fsp3) is 0.500. The standard InChI is InChI=1S/C14H18N2O4/c1-2-9(12-7-4-8-20-12)16-13(17)10-5-3-6-11(15-10)14(18)19/h3,5-6,9,12H,2,4,7-8H2,1H3,(H,16,17)(H,18,19). The van der Waals surface area contributed by atoms with Crippen LogP contribution in [0.15, 0.2) is 18.2 Å². The van der Waals surface area contributed by atoms with Crippen molar-refractivity contribution < 1.29 is 19.4 Å². The lowest BCUT2D eigenvalue weighted by Gasteiger charge is -2.22. The Labute approximate surface area is 117 Å². The van der Waals surface area contributed by atoms with Crippen LogP contribution >= 0.6 is 0 Å². The molecule has 0 bridgehead atoms. The highest BCUT2D eigenvalue weighted by atomic mass is 16.5. The number of hydrogen-bond acceptors (Lipinski definition) is 4. The molecule has 1 aliphatic heterocycles. The summed E-state index contributed by atoms with van der Waals surface area (Å²) in [6.45, 7) is 2.71. The van der Waals surface area contributed by atoms with E-state index < -0.39 is 5.97 Å². The lowest BCUT2D eigenvalue weighted by atomic mass is 10.1. The van der Waals surface area contributed by atoms with Crippen molar-refractivity contribution in [2.24, 2.45) is 0 Å². The summed E-state index contributed by atoms with van der Waals surface area (Å²) in [5.41, 5.74) is -0.0239. The number of aromatic carboxylic acids is 1. The Morgan fingerprint density at radius 1 is 1.50 bits per heavy atom. The Bertz CT molecular complexity index is 498. The molecule has 1 fully saturated rings. The highest BCUT2D eigenvalue weighted by Gasteiger charge is 2.26. The average Bonchev–Trinajstić information content (AvgIpc) is 2.98. The predicted molar refractivity (Wildman–Crippen MR) is 71.7 cm³/mol. The second kappa shape index (κ2) is 6.47. The molecule has 6 nitrogen and oxygen atoms in total. The molecule has 0 aromatic carbocycles. The SMILES string of the molecule is CCC(NC(=O)c1cccc(C(=O)O)n1)C1CCCO1. The van der Waals surface area contributed by atoms with Crippen LogP contribution in [0.25, 0.3) is 0 Å².